The zero-order chi connectivity index (χ0) is 12.4. The van der Waals surface area contributed by atoms with Gasteiger partial charge in [0.25, 0.3) is 0 Å². The SMILES string of the molecule is Cc1nnc(CNc2ccc(Cl)cc2Cl)n1C. The van der Waals surface area contributed by atoms with Gasteiger partial charge in [-0.1, -0.05) is 23.2 Å². The first kappa shape index (κ1) is 12.2. The van der Waals surface area contributed by atoms with E-state index in [4.69, 9.17) is 23.2 Å². The number of aromatic nitrogens is 3. The highest BCUT2D eigenvalue weighted by molar-refractivity contribution is 6.36. The van der Waals surface area contributed by atoms with E-state index in [0.29, 0.717) is 16.6 Å². The van der Waals surface area contributed by atoms with Crippen molar-refractivity contribution in [2.45, 2.75) is 13.5 Å². The molecule has 0 saturated heterocycles. The van der Waals surface area contributed by atoms with Crippen LogP contribution in [-0.2, 0) is 13.6 Å². The molecular formula is C11H12Cl2N4. The number of aryl methyl sites for hydroxylation is 1. The molecule has 1 heterocycles. The maximum absolute atomic E-state index is 6.05. The number of hydrogen-bond acceptors (Lipinski definition) is 3. The van der Waals surface area contributed by atoms with Crippen molar-refractivity contribution < 1.29 is 0 Å². The predicted octanol–water partition coefficient (Wildman–Crippen LogP) is 3.04. The lowest BCUT2D eigenvalue weighted by atomic mass is 10.3. The molecule has 0 aliphatic rings. The normalized spacial score (nSPS) is 10.6. The number of halogens is 2. The van der Waals surface area contributed by atoms with Crippen molar-refractivity contribution >= 4 is 28.9 Å². The number of rotatable bonds is 3. The lowest BCUT2D eigenvalue weighted by molar-refractivity contribution is 0.789. The summed E-state index contributed by atoms with van der Waals surface area (Å²) in [7, 11) is 1.93. The maximum Gasteiger partial charge on any atom is 0.152 e. The monoisotopic (exact) mass is 270 g/mol. The first-order chi connectivity index (χ1) is 8.08. The van der Waals surface area contributed by atoms with Crippen molar-refractivity contribution in [1.29, 1.82) is 0 Å². The molecule has 17 heavy (non-hydrogen) atoms. The molecule has 0 amide bonds. The van der Waals surface area contributed by atoms with Gasteiger partial charge in [-0.3, -0.25) is 0 Å². The maximum atomic E-state index is 6.05. The van der Waals surface area contributed by atoms with Crippen LogP contribution in [0.15, 0.2) is 18.2 Å². The molecule has 0 unspecified atom stereocenters. The number of anilines is 1. The van der Waals surface area contributed by atoms with Crippen molar-refractivity contribution in [2.75, 3.05) is 5.32 Å². The highest BCUT2D eigenvalue weighted by Gasteiger charge is 2.06. The fourth-order valence-electron chi connectivity index (χ4n) is 1.41. The van der Waals surface area contributed by atoms with E-state index in [1.807, 2.05) is 24.6 Å². The van der Waals surface area contributed by atoms with Gasteiger partial charge >= 0.3 is 0 Å². The first-order valence-corrected chi connectivity index (χ1v) is 5.87. The number of hydrogen-bond donors (Lipinski definition) is 1. The van der Waals surface area contributed by atoms with Crippen molar-refractivity contribution in [3.8, 4) is 0 Å². The quantitative estimate of drug-likeness (QED) is 0.933. The summed E-state index contributed by atoms with van der Waals surface area (Å²) in [6.45, 7) is 2.48. The molecule has 6 heteroatoms. The fourth-order valence-corrected chi connectivity index (χ4v) is 1.89. The van der Waals surface area contributed by atoms with Crippen molar-refractivity contribution in [1.82, 2.24) is 14.8 Å². The smallest absolute Gasteiger partial charge is 0.152 e. The van der Waals surface area contributed by atoms with E-state index < -0.39 is 0 Å². The average Bonchev–Trinajstić information content (AvgIpc) is 2.59. The highest BCUT2D eigenvalue weighted by atomic mass is 35.5. The van der Waals surface area contributed by atoms with Crippen LogP contribution in [0, 0.1) is 6.92 Å². The molecule has 90 valence electrons. The topological polar surface area (TPSA) is 42.7 Å². The van der Waals surface area contributed by atoms with Crippen molar-refractivity contribution in [3.05, 3.63) is 39.9 Å². The Morgan fingerprint density at radius 2 is 2.06 bits per heavy atom. The summed E-state index contributed by atoms with van der Waals surface area (Å²) in [6, 6.07) is 5.33. The van der Waals surface area contributed by atoms with E-state index in [1.54, 1.807) is 12.1 Å². The minimum absolute atomic E-state index is 0.568. The van der Waals surface area contributed by atoms with Gasteiger partial charge in [-0.05, 0) is 25.1 Å². The van der Waals surface area contributed by atoms with Gasteiger partial charge in [0, 0.05) is 12.1 Å². The van der Waals surface area contributed by atoms with E-state index in [-0.39, 0.29) is 0 Å². The Bertz CT molecular complexity index is 536. The molecule has 0 bridgehead atoms. The van der Waals surface area contributed by atoms with Gasteiger partial charge in [-0.15, -0.1) is 10.2 Å². The third kappa shape index (κ3) is 2.70. The Labute approximate surface area is 110 Å². The molecule has 1 aromatic heterocycles. The Morgan fingerprint density at radius 3 is 2.65 bits per heavy atom. The summed E-state index contributed by atoms with van der Waals surface area (Å²) in [6.07, 6.45) is 0. The van der Waals surface area contributed by atoms with Crippen molar-refractivity contribution in [2.24, 2.45) is 7.05 Å². The minimum Gasteiger partial charge on any atom is -0.377 e. The van der Waals surface area contributed by atoms with E-state index in [0.717, 1.165) is 17.3 Å². The number of nitrogens with zero attached hydrogens (tertiary/aromatic N) is 3. The second-order valence-electron chi connectivity index (χ2n) is 3.70. The van der Waals surface area contributed by atoms with Gasteiger partial charge < -0.3 is 9.88 Å². The highest BCUT2D eigenvalue weighted by Crippen LogP contribution is 2.25. The summed E-state index contributed by atoms with van der Waals surface area (Å²) in [5.41, 5.74) is 0.830. The molecule has 0 atom stereocenters. The van der Waals surface area contributed by atoms with Gasteiger partial charge in [0.15, 0.2) is 5.82 Å². The Hall–Kier alpha value is -1.26. The average molecular weight is 271 g/mol. The number of benzene rings is 1. The van der Waals surface area contributed by atoms with Gasteiger partial charge in [0.2, 0.25) is 0 Å². The van der Waals surface area contributed by atoms with Crippen LogP contribution in [0.4, 0.5) is 5.69 Å². The van der Waals surface area contributed by atoms with Crippen LogP contribution in [0.1, 0.15) is 11.6 Å². The van der Waals surface area contributed by atoms with Gasteiger partial charge in [-0.2, -0.15) is 0 Å². The lowest BCUT2D eigenvalue weighted by Crippen LogP contribution is -2.06. The van der Waals surface area contributed by atoms with E-state index in [1.165, 1.54) is 0 Å². The fraction of sp³-hybridized carbons (Fsp3) is 0.273. The Kier molecular flexibility index (Phi) is 3.54. The van der Waals surface area contributed by atoms with Gasteiger partial charge in [0.05, 0.1) is 17.3 Å². The second kappa shape index (κ2) is 4.94. The Balaban J connectivity index is 2.10. The Morgan fingerprint density at radius 1 is 1.29 bits per heavy atom. The number of nitrogens with one attached hydrogen (secondary N) is 1. The summed E-state index contributed by atoms with van der Waals surface area (Å²) < 4.78 is 1.93. The standard InChI is InChI=1S/C11H12Cl2N4/c1-7-15-16-11(17(7)2)6-14-10-4-3-8(12)5-9(10)13/h3-5,14H,6H2,1-2H3. The van der Waals surface area contributed by atoms with Crippen LogP contribution < -0.4 is 5.32 Å². The second-order valence-corrected chi connectivity index (χ2v) is 4.54. The van der Waals surface area contributed by atoms with Crippen LogP contribution in [0.3, 0.4) is 0 Å². The summed E-state index contributed by atoms with van der Waals surface area (Å²) >= 11 is 11.9. The zero-order valence-electron chi connectivity index (χ0n) is 9.54. The third-order valence-corrected chi connectivity index (χ3v) is 3.10. The molecule has 0 saturated carbocycles. The lowest BCUT2D eigenvalue weighted by Gasteiger charge is -2.08. The minimum atomic E-state index is 0.568. The molecule has 0 aliphatic carbocycles. The molecule has 2 rings (SSSR count). The van der Waals surface area contributed by atoms with E-state index in [9.17, 15) is 0 Å². The largest absolute Gasteiger partial charge is 0.377 e. The molecular weight excluding hydrogens is 259 g/mol. The van der Waals surface area contributed by atoms with Gasteiger partial charge in [0.1, 0.15) is 5.82 Å². The molecule has 0 radical (unpaired) electrons. The van der Waals surface area contributed by atoms with Crippen LogP contribution >= 0.6 is 23.2 Å². The third-order valence-electron chi connectivity index (χ3n) is 2.55. The van der Waals surface area contributed by atoms with Crippen LogP contribution in [-0.4, -0.2) is 14.8 Å². The van der Waals surface area contributed by atoms with E-state index in [2.05, 4.69) is 15.5 Å². The van der Waals surface area contributed by atoms with Crippen LogP contribution in [0.25, 0.3) is 0 Å². The molecule has 0 fully saturated rings. The first-order valence-electron chi connectivity index (χ1n) is 5.11. The molecule has 1 aromatic carbocycles. The summed E-state index contributed by atoms with van der Waals surface area (Å²) in [5.74, 6) is 1.73. The van der Waals surface area contributed by atoms with E-state index >= 15 is 0 Å². The van der Waals surface area contributed by atoms with Crippen molar-refractivity contribution in [3.63, 3.8) is 0 Å². The predicted molar refractivity (Wildman–Crippen MR) is 69.5 cm³/mol. The van der Waals surface area contributed by atoms with Crippen LogP contribution in [0.2, 0.25) is 10.0 Å². The molecule has 1 N–H and O–H groups in total. The molecule has 0 aliphatic heterocycles. The van der Waals surface area contributed by atoms with Crippen LogP contribution in [0.5, 0.6) is 0 Å². The zero-order valence-corrected chi connectivity index (χ0v) is 11.0. The molecule has 2 aromatic rings. The summed E-state index contributed by atoms with van der Waals surface area (Å²) in [5, 5.41) is 12.5. The molecule has 0 spiro atoms. The molecule has 4 nitrogen and oxygen atoms in total. The van der Waals surface area contributed by atoms with Gasteiger partial charge in [-0.25, -0.2) is 0 Å². The summed E-state index contributed by atoms with van der Waals surface area (Å²) in [4.78, 5) is 0.